The molecule has 1 atom stereocenters. The van der Waals surface area contributed by atoms with Gasteiger partial charge in [0.05, 0.1) is 6.42 Å². The fourth-order valence-corrected chi connectivity index (χ4v) is 1.74. The van der Waals surface area contributed by atoms with Gasteiger partial charge in [0.25, 0.3) is 0 Å². The Kier molecular flexibility index (Phi) is 2.45. The Morgan fingerprint density at radius 1 is 1.50 bits per heavy atom. The van der Waals surface area contributed by atoms with Crippen LogP contribution in [0.3, 0.4) is 0 Å². The van der Waals surface area contributed by atoms with E-state index in [-0.39, 0.29) is 12.3 Å². The summed E-state index contributed by atoms with van der Waals surface area (Å²) in [5.41, 5.74) is 6.00. The number of urea groups is 1. The van der Waals surface area contributed by atoms with E-state index < -0.39 is 18.1 Å². The highest BCUT2D eigenvalue weighted by molar-refractivity contribution is 5.97. The lowest BCUT2D eigenvalue weighted by Gasteiger charge is -2.27. The number of allylic oxidation sites excluding steroid dienone is 1. The van der Waals surface area contributed by atoms with Crippen LogP contribution in [0.4, 0.5) is 4.79 Å². The van der Waals surface area contributed by atoms with Crippen LogP contribution in [0.5, 0.6) is 0 Å². The number of amides is 4. The van der Waals surface area contributed by atoms with Crippen LogP contribution in [-0.2, 0) is 9.59 Å². The number of primary amides is 3. The minimum absolute atomic E-state index is 0.0144. The van der Waals surface area contributed by atoms with Crippen LogP contribution in [0.2, 0.25) is 0 Å². The minimum atomic E-state index is -0.565. The van der Waals surface area contributed by atoms with E-state index in [2.05, 4.69) is 10.6 Å². The monoisotopic (exact) mass is 223 g/mol. The molecule has 7 nitrogen and oxygen atoms in total. The summed E-state index contributed by atoms with van der Waals surface area (Å²) in [6.45, 7) is 0. The number of nitrogens with two attached hydrogens (primary N) is 2. The maximum Gasteiger partial charge on any atom is 0.422 e. The predicted octanol–water partition coefficient (Wildman–Crippen LogP) is -2.59. The third-order valence-corrected chi connectivity index (χ3v) is 2.36. The van der Waals surface area contributed by atoms with E-state index in [9.17, 15) is 14.4 Å². The molecule has 6 N–H and O–H groups in total. The topological polar surface area (TPSA) is 118 Å². The van der Waals surface area contributed by atoms with Gasteiger partial charge in [0.2, 0.25) is 5.91 Å². The van der Waals surface area contributed by atoms with Gasteiger partial charge in [-0.1, -0.05) is 0 Å². The van der Waals surface area contributed by atoms with Gasteiger partial charge < -0.3 is 11.1 Å². The molecular formula is C9H11N4O3+. The van der Waals surface area contributed by atoms with Crippen molar-refractivity contribution in [3.63, 3.8) is 0 Å². The summed E-state index contributed by atoms with van der Waals surface area (Å²) in [7, 11) is 0. The molecule has 1 unspecified atom stereocenters. The Morgan fingerprint density at radius 3 is 2.94 bits per heavy atom. The van der Waals surface area contributed by atoms with E-state index in [0.29, 0.717) is 11.1 Å². The van der Waals surface area contributed by atoms with E-state index in [1.54, 1.807) is 12.3 Å². The maximum atomic E-state index is 11.6. The first-order valence-corrected chi connectivity index (χ1v) is 4.71. The summed E-state index contributed by atoms with van der Waals surface area (Å²) >= 11 is 0. The maximum absolute atomic E-state index is 11.6. The lowest BCUT2D eigenvalue weighted by molar-refractivity contribution is -0.471. The molecule has 0 spiro atoms. The number of nitrogens with one attached hydrogen (secondary N) is 2. The summed E-state index contributed by atoms with van der Waals surface area (Å²) in [6.07, 6.45) is 2.61. The van der Waals surface area contributed by atoms with Gasteiger partial charge in [-0.15, -0.1) is 0 Å². The van der Waals surface area contributed by atoms with Crippen LogP contribution >= 0.6 is 0 Å². The zero-order valence-corrected chi connectivity index (χ0v) is 8.32. The molecule has 0 aliphatic carbocycles. The van der Waals surface area contributed by atoms with Crippen molar-refractivity contribution in [3.8, 4) is 0 Å². The van der Waals surface area contributed by atoms with Gasteiger partial charge in [0.15, 0.2) is 0 Å². The molecule has 2 rings (SSSR count). The predicted molar refractivity (Wildman–Crippen MR) is 52.4 cm³/mol. The third-order valence-electron chi connectivity index (χ3n) is 2.36. The Bertz CT molecular complexity index is 438. The van der Waals surface area contributed by atoms with Gasteiger partial charge in [0.1, 0.15) is 11.7 Å². The fraction of sp³-hybridized carbons (Fsp3) is 0.222. The van der Waals surface area contributed by atoms with E-state index >= 15 is 0 Å². The molecule has 1 fully saturated rings. The van der Waals surface area contributed by atoms with Crippen LogP contribution in [0, 0.1) is 0 Å². The third kappa shape index (κ3) is 1.80. The molecule has 1 saturated heterocycles. The standard InChI is InChI=1S/C9H10N4O3/c10-5(14)3-4-1-2-11-7-6(4)8(15)13-9(16)12-7/h1-2,7,11H,3H2,(H2,10,14)(H2,12,13,15,16)/p+1. The average Bonchev–Trinajstić information content (AvgIpc) is 2.15. The molecule has 4 amide bonds. The molecule has 0 aromatic carbocycles. The molecule has 0 aromatic rings. The van der Waals surface area contributed by atoms with Crippen molar-refractivity contribution in [2.45, 2.75) is 12.6 Å². The zero-order valence-electron chi connectivity index (χ0n) is 8.32. The molecule has 7 heteroatoms. The summed E-state index contributed by atoms with van der Waals surface area (Å²) in [5, 5.41) is 6.35. The van der Waals surface area contributed by atoms with E-state index in [4.69, 9.17) is 5.73 Å². The van der Waals surface area contributed by atoms with Crippen LogP contribution in [0.15, 0.2) is 23.4 Å². The summed E-state index contributed by atoms with van der Waals surface area (Å²) in [6, 6.07) is -0.444. The van der Waals surface area contributed by atoms with E-state index in [1.807, 2.05) is 0 Å². The van der Waals surface area contributed by atoms with Crippen molar-refractivity contribution >= 4 is 17.8 Å². The number of fused-ring (bicyclic) bond motifs is 1. The molecule has 2 aliphatic heterocycles. The van der Waals surface area contributed by atoms with Crippen molar-refractivity contribution in [2.75, 3.05) is 0 Å². The van der Waals surface area contributed by atoms with Crippen LogP contribution in [0.1, 0.15) is 6.42 Å². The molecular weight excluding hydrogens is 212 g/mol. The number of dihydropyridines is 1. The molecule has 0 aromatic heterocycles. The number of hydrogen-bond donors (Lipinski definition) is 4. The first-order chi connectivity index (χ1) is 7.58. The van der Waals surface area contributed by atoms with Gasteiger partial charge in [-0.3, -0.25) is 10.1 Å². The molecule has 2 heterocycles. The molecule has 0 saturated carbocycles. The van der Waals surface area contributed by atoms with Gasteiger partial charge in [-0.25, -0.2) is 9.59 Å². The zero-order chi connectivity index (χ0) is 11.7. The van der Waals surface area contributed by atoms with Crippen LogP contribution in [0.25, 0.3) is 0 Å². The van der Waals surface area contributed by atoms with Crippen molar-refractivity contribution in [1.29, 1.82) is 0 Å². The Balaban J connectivity index is 2.36. The first-order valence-electron chi connectivity index (χ1n) is 4.71. The number of imide groups is 1. The quantitative estimate of drug-likeness (QED) is 0.411. The van der Waals surface area contributed by atoms with Crippen LogP contribution < -0.4 is 21.7 Å². The lowest BCUT2D eigenvalue weighted by atomic mass is 9.97. The number of rotatable bonds is 2. The van der Waals surface area contributed by atoms with E-state index in [1.165, 1.54) is 0 Å². The highest BCUT2D eigenvalue weighted by Crippen LogP contribution is 2.17. The number of quaternary nitrogens is 1. The van der Waals surface area contributed by atoms with Gasteiger partial charge >= 0.3 is 11.9 Å². The molecule has 0 radical (unpaired) electrons. The fourth-order valence-electron chi connectivity index (χ4n) is 1.74. The molecule has 84 valence electrons. The Morgan fingerprint density at radius 2 is 2.25 bits per heavy atom. The second kappa shape index (κ2) is 3.78. The van der Waals surface area contributed by atoms with Crippen molar-refractivity contribution < 1.29 is 19.7 Å². The normalized spacial score (nSPS) is 23.6. The lowest BCUT2D eigenvalue weighted by Crippen LogP contribution is -2.98. The van der Waals surface area contributed by atoms with Gasteiger partial charge in [-0.05, 0) is 17.8 Å². The number of hydrogen-bond acceptors (Lipinski definition) is 4. The number of carbonyl (C=O) groups is 3. The molecule has 0 bridgehead atoms. The highest BCUT2D eigenvalue weighted by Gasteiger charge is 2.37. The Labute approximate surface area is 90.7 Å². The van der Waals surface area contributed by atoms with Gasteiger partial charge in [-0.2, -0.15) is 5.32 Å². The average molecular weight is 223 g/mol. The van der Waals surface area contributed by atoms with Crippen molar-refractivity contribution in [2.24, 2.45) is 5.73 Å². The largest absolute Gasteiger partial charge is 0.422 e. The summed E-state index contributed by atoms with van der Waals surface area (Å²) in [5.74, 6) is -0.903. The second-order valence-corrected chi connectivity index (χ2v) is 3.53. The van der Waals surface area contributed by atoms with Crippen molar-refractivity contribution in [1.82, 2.24) is 10.6 Å². The minimum Gasteiger partial charge on any atom is -0.369 e. The highest BCUT2D eigenvalue weighted by atomic mass is 16.2. The first kappa shape index (κ1) is 10.4. The SMILES string of the molecule is NC(=O)CC1=C2C(=O)[NH2+]C(=O)NC2NC=C1. The second-order valence-electron chi connectivity index (χ2n) is 3.53. The van der Waals surface area contributed by atoms with Crippen LogP contribution in [-0.4, -0.2) is 24.0 Å². The van der Waals surface area contributed by atoms with Gasteiger partial charge in [0, 0.05) is 0 Å². The van der Waals surface area contributed by atoms with E-state index in [0.717, 1.165) is 5.32 Å². The summed E-state index contributed by atoms with van der Waals surface area (Å²) in [4.78, 5) is 33.6. The summed E-state index contributed by atoms with van der Waals surface area (Å²) < 4.78 is 0. The van der Waals surface area contributed by atoms with Crippen molar-refractivity contribution in [3.05, 3.63) is 23.4 Å². The Hall–Kier alpha value is -2.15. The molecule has 2 aliphatic rings. The molecule has 16 heavy (non-hydrogen) atoms. The smallest absolute Gasteiger partial charge is 0.369 e. The number of carbonyl (C=O) groups excluding carboxylic acids is 3.